The second-order valence-electron chi connectivity index (χ2n) is 5.09. The van der Waals surface area contributed by atoms with Gasteiger partial charge in [-0.15, -0.1) is 0 Å². The minimum atomic E-state index is 0.191. The maximum Gasteiger partial charge on any atom is 0.163 e. The standard InChI is InChI=1S/C18H19O/c1-13-11-14(2)17(15(3)12-13)9-10-18(19)16-7-5-4-6-8-16/h4-5,7-8,11-12H,9-10H2,1-3H3. The normalized spacial score (nSPS) is 10.5. The van der Waals surface area contributed by atoms with E-state index in [1.165, 1.54) is 22.3 Å². The van der Waals surface area contributed by atoms with Gasteiger partial charge >= 0.3 is 0 Å². The van der Waals surface area contributed by atoms with Gasteiger partial charge in [0.1, 0.15) is 0 Å². The molecule has 0 saturated heterocycles. The summed E-state index contributed by atoms with van der Waals surface area (Å²) in [6.07, 6.45) is 1.37. The van der Waals surface area contributed by atoms with E-state index >= 15 is 0 Å². The molecule has 0 aliphatic carbocycles. The number of carbonyl (C=O) groups is 1. The van der Waals surface area contributed by atoms with Crippen LogP contribution in [0.1, 0.15) is 39.0 Å². The van der Waals surface area contributed by atoms with Gasteiger partial charge in [-0.2, -0.15) is 0 Å². The van der Waals surface area contributed by atoms with Crippen LogP contribution in [0.5, 0.6) is 0 Å². The SMILES string of the molecule is Cc1cc(C)c(CCC(=O)c2c[c]ccc2)c(C)c1. The van der Waals surface area contributed by atoms with Crippen LogP contribution in [-0.2, 0) is 6.42 Å². The van der Waals surface area contributed by atoms with Crippen molar-refractivity contribution in [3.8, 4) is 0 Å². The van der Waals surface area contributed by atoms with Crippen molar-refractivity contribution in [2.45, 2.75) is 33.6 Å². The van der Waals surface area contributed by atoms with Crippen LogP contribution < -0.4 is 0 Å². The predicted molar refractivity (Wildman–Crippen MR) is 78.6 cm³/mol. The Balaban J connectivity index is 2.10. The van der Waals surface area contributed by atoms with Crippen molar-refractivity contribution in [2.24, 2.45) is 0 Å². The molecule has 0 N–H and O–H groups in total. The Labute approximate surface area is 115 Å². The van der Waals surface area contributed by atoms with Crippen LogP contribution in [0.25, 0.3) is 0 Å². The third-order valence-electron chi connectivity index (χ3n) is 3.47. The molecule has 1 heteroatoms. The molecular weight excluding hydrogens is 232 g/mol. The van der Waals surface area contributed by atoms with Gasteiger partial charge in [-0.3, -0.25) is 4.79 Å². The lowest BCUT2D eigenvalue weighted by Crippen LogP contribution is -2.03. The van der Waals surface area contributed by atoms with Gasteiger partial charge in [-0.05, 0) is 56.0 Å². The molecule has 0 atom stereocenters. The van der Waals surface area contributed by atoms with Gasteiger partial charge in [0.25, 0.3) is 0 Å². The van der Waals surface area contributed by atoms with E-state index in [1.807, 2.05) is 18.2 Å². The fraction of sp³-hybridized carbons (Fsp3) is 0.278. The maximum absolute atomic E-state index is 12.1. The topological polar surface area (TPSA) is 17.1 Å². The highest BCUT2D eigenvalue weighted by molar-refractivity contribution is 5.96. The Bertz CT molecular complexity index is 559. The molecule has 0 saturated carbocycles. The number of benzene rings is 2. The molecule has 19 heavy (non-hydrogen) atoms. The first-order valence-corrected chi connectivity index (χ1v) is 6.64. The van der Waals surface area contributed by atoms with Gasteiger partial charge in [-0.25, -0.2) is 0 Å². The van der Waals surface area contributed by atoms with Gasteiger partial charge in [0.15, 0.2) is 5.78 Å². The van der Waals surface area contributed by atoms with Crippen molar-refractivity contribution < 1.29 is 4.79 Å². The van der Waals surface area contributed by atoms with Gasteiger partial charge in [-0.1, -0.05) is 35.9 Å². The summed E-state index contributed by atoms with van der Waals surface area (Å²) in [4.78, 5) is 12.1. The highest BCUT2D eigenvalue weighted by Crippen LogP contribution is 2.19. The Kier molecular flexibility index (Phi) is 4.16. The molecule has 0 aliphatic rings. The Morgan fingerprint density at radius 2 is 1.84 bits per heavy atom. The van der Waals surface area contributed by atoms with Crippen molar-refractivity contribution in [3.05, 3.63) is 70.3 Å². The highest BCUT2D eigenvalue weighted by atomic mass is 16.1. The summed E-state index contributed by atoms with van der Waals surface area (Å²) < 4.78 is 0. The van der Waals surface area contributed by atoms with Crippen molar-refractivity contribution in [3.63, 3.8) is 0 Å². The van der Waals surface area contributed by atoms with Crippen molar-refractivity contribution in [1.82, 2.24) is 0 Å². The van der Waals surface area contributed by atoms with Gasteiger partial charge < -0.3 is 0 Å². The number of ketones is 1. The van der Waals surface area contributed by atoms with Crippen LogP contribution in [0.15, 0.2) is 36.4 Å². The second kappa shape index (κ2) is 5.83. The molecule has 0 spiro atoms. The summed E-state index contributed by atoms with van der Waals surface area (Å²) >= 11 is 0. The van der Waals surface area contributed by atoms with Gasteiger partial charge in [0.2, 0.25) is 0 Å². The minimum Gasteiger partial charge on any atom is -0.294 e. The molecule has 1 nitrogen and oxygen atoms in total. The molecule has 0 amide bonds. The average Bonchev–Trinajstić information content (AvgIpc) is 2.38. The summed E-state index contributed by atoms with van der Waals surface area (Å²) in [6.45, 7) is 6.35. The third-order valence-corrected chi connectivity index (χ3v) is 3.47. The highest BCUT2D eigenvalue weighted by Gasteiger charge is 2.09. The van der Waals surface area contributed by atoms with Crippen molar-refractivity contribution >= 4 is 5.78 Å². The lowest BCUT2D eigenvalue weighted by Gasteiger charge is -2.11. The van der Waals surface area contributed by atoms with E-state index in [0.29, 0.717) is 6.42 Å². The fourth-order valence-electron chi connectivity index (χ4n) is 2.55. The second-order valence-corrected chi connectivity index (χ2v) is 5.09. The molecule has 2 rings (SSSR count). The van der Waals surface area contributed by atoms with Gasteiger partial charge in [0.05, 0.1) is 0 Å². The molecule has 0 unspecified atom stereocenters. The first-order chi connectivity index (χ1) is 9.08. The van der Waals surface area contributed by atoms with Crippen LogP contribution in [-0.4, -0.2) is 5.78 Å². The number of hydrogen-bond acceptors (Lipinski definition) is 1. The number of carbonyl (C=O) groups excluding carboxylic acids is 1. The zero-order valence-electron chi connectivity index (χ0n) is 11.8. The van der Waals surface area contributed by atoms with E-state index in [4.69, 9.17) is 0 Å². The molecule has 97 valence electrons. The third kappa shape index (κ3) is 3.31. The van der Waals surface area contributed by atoms with Crippen molar-refractivity contribution in [1.29, 1.82) is 0 Å². The van der Waals surface area contributed by atoms with E-state index in [0.717, 1.165) is 12.0 Å². The summed E-state index contributed by atoms with van der Waals surface area (Å²) in [5.74, 6) is 0.191. The fourth-order valence-corrected chi connectivity index (χ4v) is 2.55. The van der Waals surface area contributed by atoms with Gasteiger partial charge in [0, 0.05) is 12.0 Å². The van der Waals surface area contributed by atoms with E-state index in [9.17, 15) is 4.79 Å². The first-order valence-electron chi connectivity index (χ1n) is 6.64. The van der Waals surface area contributed by atoms with Crippen LogP contribution in [0.2, 0.25) is 0 Å². The molecule has 0 bridgehead atoms. The summed E-state index contributed by atoms with van der Waals surface area (Å²) in [6, 6.07) is 14.6. The van der Waals surface area contributed by atoms with E-state index in [1.54, 1.807) is 6.07 Å². The molecule has 1 radical (unpaired) electrons. The number of hydrogen-bond donors (Lipinski definition) is 0. The van der Waals surface area contributed by atoms with Crippen LogP contribution in [0.3, 0.4) is 0 Å². The quantitative estimate of drug-likeness (QED) is 0.743. The van der Waals surface area contributed by atoms with Crippen LogP contribution in [0.4, 0.5) is 0 Å². The molecule has 2 aromatic rings. The molecule has 0 aliphatic heterocycles. The van der Waals surface area contributed by atoms with E-state index in [2.05, 4.69) is 39.0 Å². The summed E-state index contributed by atoms with van der Waals surface area (Å²) in [5.41, 5.74) is 5.90. The lowest BCUT2D eigenvalue weighted by molar-refractivity contribution is 0.0983. The Morgan fingerprint density at radius 3 is 2.42 bits per heavy atom. The number of aryl methyl sites for hydroxylation is 3. The first kappa shape index (κ1) is 13.5. The Hall–Kier alpha value is -1.89. The molecule has 2 aromatic carbocycles. The zero-order valence-corrected chi connectivity index (χ0v) is 11.8. The molecular formula is C18H19O. The van der Waals surface area contributed by atoms with E-state index in [-0.39, 0.29) is 5.78 Å². The van der Waals surface area contributed by atoms with E-state index < -0.39 is 0 Å². The number of rotatable bonds is 4. The maximum atomic E-state index is 12.1. The van der Waals surface area contributed by atoms with Crippen molar-refractivity contribution in [2.75, 3.05) is 0 Å². The minimum absolute atomic E-state index is 0.191. The molecule has 0 fully saturated rings. The Morgan fingerprint density at radius 1 is 1.16 bits per heavy atom. The number of Topliss-reactive ketones (excluding diaryl/α,β-unsaturated/α-hetero) is 1. The van der Waals surface area contributed by atoms with Crippen LogP contribution in [0, 0.1) is 26.8 Å². The van der Waals surface area contributed by atoms with Crippen LogP contribution >= 0.6 is 0 Å². The largest absolute Gasteiger partial charge is 0.294 e. The zero-order chi connectivity index (χ0) is 13.8. The lowest BCUT2D eigenvalue weighted by atomic mass is 9.94. The monoisotopic (exact) mass is 251 g/mol. The summed E-state index contributed by atoms with van der Waals surface area (Å²) in [5, 5.41) is 0. The average molecular weight is 251 g/mol. The summed E-state index contributed by atoms with van der Waals surface area (Å²) in [7, 11) is 0. The molecule has 0 heterocycles. The smallest absolute Gasteiger partial charge is 0.163 e. The molecule has 0 aromatic heterocycles. The predicted octanol–water partition coefficient (Wildman–Crippen LogP) is 4.23.